The molecule has 0 bridgehead atoms. The van der Waals surface area contributed by atoms with Crippen LogP contribution in [0.3, 0.4) is 0 Å². The molecule has 0 saturated carbocycles. The predicted molar refractivity (Wildman–Crippen MR) is 99.8 cm³/mol. The van der Waals surface area contributed by atoms with Gasteiger partial charge in [0.1, 0.15) is 6.10 Å². The van der Waals surface area contributed by atoms with Crippen molar-refractivity contribution in [2.45, 2.75) is 31.3 Å². The van der Waals surface area contributed by atoms with Crippen LogP contribution in [-0.2, 0) is 21.2 Å². The summed E-state index contributed by atoms with van der Waals surface area (Å²) in [6, 6.07) is 14.5. The van der Waals surface area contributed by atoms with Crippen molar-refractivity contribution in [2.24, 2.45) is 0 Å². The van der Waals surface area contributed by atoms with Crippen LogP contribution >= 0.6 is 0 Å². The molecule has 1 aliphatic heterocycles. The van der Waals surface area contributed by atoms with Gasteiger partial charge in [-0.3, -0.25) is 4.90 Å². The highest BCUT2D eigenvalue weighted by Crippen LogP contribution is 2.22. The van der Waals surface area contributed by atoms with E-state index in [1.807, 2.05) is 24.3 Å². The van der Waals surface area contributed by atoms with E-state index in [2.05, 4.69) is 11.6 Å². The van der Waals surface area contributed by atoms with Crippen molar-refractivity contribution < 1.29 is 17.9 Å². The van der Waals surface area contributed by atoms with Crippen LogP contribution in [-0.4, -0.2) is 33.7 Å². The molecule has 0 aliphatic carbocycles. The highest BCUT2D eigenvalue weighted by Gasteiger charge is 2.33. The van der Waals surface area contributed by atoms with Crippen LogP contribution in [0.25, 0.3) is 0 Å². The van der Waals surface area contributed by atoms with E-state index in [0.717, 1.165) is 12.1 Å². The topological polar surface area (TPSA) is 75.7 Å². The number of hydrogen-bond acceptors (Lipinski definition) is 4. The summed E-state index contributed by atoms with van der Waals surface area (Å²) in [6.07, 6.45) is -0.0740. The number of hydrogen-bond donors (Lipinski definition) is 1. The Hall–Kier alpha value is -2.38. The number of ether oxygens (including phenoxy) is 1. The fraction of sp³-hybridized carbons (Fsp3) is 0.316. The SMILES string of the molecule is CCc1ccc(N2CC(CNS(=O)(=O)c3ccccc3C)OC2=O)cc1. The van der Waals surface area contributed by atoms with Gasteiger partial charge in [0, 0.05) is 12.2 Å². The zero-order chi connectivity index (χ0) is 18.7. The third-order valence-electron chi connectivity index (χ3n) is 4.41. The number of anilines is 1. The first-order chi connectivity index (χ1) is 12.4. The number of aryl methyl sites for hydroxylation is 2. The summed E-state index contributed by atoms with van der Waals surface area (Å²) < 4.78 is 32.7. The van der Waals surface area contributed by atoms with Crippen molar-refractivity contribution in [1.29, 1.82) is 0 Å². The van der Waals surface area contributed by atoms with Gasteiger partial charge in [-0.15, -0.1) is 0 Å². The quantitative estimate of drug-likeness (QED) is 0.844. The van der Waals surface area contributed by atoms with E-state index in [9.17, 15) is 13.2 Å². The summed E-state index contributed by atoms with van der Waals surface area (Å²) >= 11 is 0. The van der Waals surface area contributed by atoms with E-state index in [0.29, 0.717) is 12.1 Å². The number of cyclic esters (lactones) is 1. The molecule has 1 aliphatic rings. The molecule has 7 heteroatoms. The lowest BCUT2D eigenvalue weighted by atomic mass is 10.1. The lowest BCUT2D eigenvalue weighted by Crippen LogP contribution is -2.34. The molecule has 1 fully saturated rings. The molecule has 1 saturated heterocycles. The Morgan fingerprint density at radius 3 is 2.50 bits per heavy atom. The zero-order valence-electron chi connectivity index (χ0n) is 14.8. The normalized spacial score (nSPS) is 17.4. The van der Waals surface area contributed by atoms with Crippen molar-refractivity contribution in [3.63, 3.8) is 0 Å². The Balaban J connectivity index is 1.65. The number of sulfonamides is 1. The summed E-state index contributed by atoms with van der Waals surface area (Å²) in [5.74, 6) is 0. The van der Waals surface area contributed by atoms with Crippen molar-refractivity contribution in [3.8, 4) is 0 Å². The highest BCUT2D eigenvalue weighted by molar-refractivity contribution is 7.89. The van der Waals surface area contributed by atoms with Crippen LogP contribution in [0.4, 0.5) is 10.5 Å². The smallest absolute Gasteiger partial charge is 0.414 e. The first kappa shape index (κ1) is 18.4. The highest BCUT2D eigenvalue weighted by atomic mass is 32.2. The predicted octanol–water partition coefficient (Wildman–Crippen LogP) is 2.86. The second-order valence-corrected chi connectivity index (χ2v) is 7.99. The maximum Gasteiger partial charge on any atom is 0.414 e. The summed E-state index contributed by atoms with van der Waals surface area (Å²) in [6.45, 7) is 4.15. The third kappa shape index (κ3) is 3.89. The minimum atomic E-state index is -3.65. The van der Waals surface area contributed by atoms with Gasteiger partial charge >= 0.3 is 6.09 Å². The molecule has 138 valence electrons. The lowest BCUT2D eigenvalue weighted by Gasteiger charge is -2.14. The fourth-order valence-corrected chi connectivity index (χ4v) is 4.20. The molecular formula is C19H22N2O4S. The largest absolute Gasteiger partial charge is 0.443 e. The van der Waals surface area contributed by atoms with Crippen LogP contribution in [0.15, 0.2) is 53.4 Å². The Bertz CT molecular complexity index is 894. The standard InChI is InChI=1S/C19H22N2O4S/c1-3-15-8-10-16(11-9-15)21-13-17(25-19(21)22)12-20-26(23,24)18-7-5-4-6-14(18)2/h4-11,17,20H,3,12-13H2,1-2H3. The summed E-state index contributed by atoms with van der Waals surface area (Å²) in [7, 11) is -3.65. The van der Waals surface area contributed by atoms with Gasteiger partial charge in [-0.05, 0) is 42.7 Å². The van der Waals surface area contributed by atoms with Crippen molar-refractivity contribution >= 4 is 21.8 Å². The number of nitrogens with one attached hydrogen (secondary N) is 1. The second kappa shape index (κ2) is 7.47. The van der Waals surface area contributed by atoms with E-state index in [1.54, 1.807) is 31.2 Å². The summed E-state index contributed by atoms with van der Waals surface area (Å²) in [5, 5.41) is 0. The molecule has 0 radical (unpaired) electrons. The van der Waals surface area contributed by atoms with E-state index >= 15 is 0 Å². The number of benzene rings is 2. The molecule has 26 heavy (non-hydrogen) atoms. The van der Waals surface area contributed by atoms with E-state index in [4.69, 9.17) is 4.74 Å². The lowest BCUT2D eigenvalue weighted by molar-refractivity contribution is 0.143. The van der Waals surface area contributed by atoms with Gasteiger partial charge < -0.3 is 4.74 Å². The van der Waals surface area contributed by atoms with Crippen LogP contribution < -0.4 is 9.62 Å². The summed E-state index contributed by atoms with van der Waals surface area (Å²) in [4.78, 5) is 13.9. The first-order valence-electron chi connectivity index (χ1n) is 8.53. The van der Waals surface area contributed by atoms with Crippen molar-refractivity contribution in [3.05, 3.63) is 59.7 Å². The molecule has 3 rings (SSSR count). The van der Waals surface area contributed by atoms with Gasteiger partial charge in [0.2, 0.25) is 10.0 Å². The van der Waals surface area contributed by atoms with Gasteiger partial charge in [0.15, 0.2) is 0 Å². The van der Waals surface area contributed by atoms with Crippen molar-refractivity contribution in [1.82, 2.24) is 4.72 Å². The third-order valence-corrected chi connectivity index (χ3v) is 6.00. The maximum absolute atomic E-state index is 12.4. The molecule has 1 atom stereocenters. The Morgan fingerprint density at radius 2 is 1.85 bits per heavy atom. The monoisotopic (exact) mass is 374 g/mol. The minimum absolute atomic E-state index is 0.0337. The molecule has 1 amide bonds. The van der Waals surface area contributed by atoms with Crippen LogP contribution in [0, 0.1) is 6.92 Å². The van der Waals surface area contributed by atoms with E-state index in [1.165, 1.54) is 10.5 Å². The molecule has 1 heterocycles. The molecule has 1 N–H and O–H groups in total. The first-order valence-corrected chi connectivity index (χ1v) is 10.0. The van der Waals surface area contributed by atoms with Gasteiger partial charge in [-0.25, -0.2) is 17.9 Å². The molecule has 0 aromatic heterocycles. The van der Waals surface area contributed by atoms with Crippen LogP contribution in [0.2, 0.25) is 0 Å². The Kier molecular flexibility index (Phi) is 5.29. The summed E-state index contributed by atoms with van der Waals surface area (Å²) in [5.41, 5.74) is 2.60. The maximum atomic E-state index is 12.4. The van der Waals surface area contributed by atoms with Gasteiger partial charge in [0.25, 0.3) is 0 Å². The van der Waals surface area contributed by atoms with Gasteiger partial charge in [-0.2, -0.15) is 0 Å². The molecule has 6 nitrogen and oxygen atoms in total. The number of carbonyl (C=O) groups is 1. The number of carbonyl (C=O) groups excluding carboxylic acids is 1. The van der Waals surface area contributed by atoms with E-state index in [-0.39, 0.29) is 11.4 Å². The van der Waals surface area contributed by atoms with Crippen molar-refractivity contribution in [2.75, 3.05) is 18.0 Å². The zero-order valence-corrected chi connectivity index (χ0v) is 15.6. The molecule has 0 spiro atoms. The fourth-order valence-electron chi connectivity index (χ4n) is 2.89. The van der Waals surface area contributed by atoms with E-state index < -0.39 is 22.2 Å². The van der Waals surface area contributed by atoms with Gasteiger partial charge in [0.05, 0.1) is 11.4 Å². The van der Waals surface area contributed by atoms with Crippen LogP contribution in [0.1, 0.15) is 18.1 Å². The van der Waals surface area contributed by atoms with Gasteiger partial charge in [-0.1, -0.05) is 37.3 Å². The molecule has 1 unspecified atom stereocenters. The molecule has 2 aromatic carbocycles. The average molecular weight is 374 g/mol. The number of rotatable bonds is 6. The molecule has 2 aromatic rings. The number of nitrogens with zero attached hydrogens (tertiary/aromatic N) is 1. The minimum Gasteiger partial charge on any atom is -0.443 e. The number of amides is 1. The Labute approximate surface area is 153 Å². The average Bonchev–Trinajstić information content (AvgIpc) is 3.01. The van der Waals surface area contributed by atoms with Crippen LogP contribution in [0.5, 0.6) is 0 Å². The second-order valence-electron chi connectivity index (χ2n) is 6.25. The molecular weight excluding hydrogens is 352 g/mol. The Morgan fingerprint density at radius 1 is 1.15 bits per heavy atom.